The normalized spacial score (nSPS) is 15.9. The summed E-state index contributed by atoms with van der Waals surface area (Å²) in [4.78, 5) is 22.0. The summed E-state index contributed by atoms with van der Waals surface area (Å²) in [5, 5.41) is 11.3. The fraction of sp³-hybridized carbons (Fsp3) is 0.294. The Morgan fingerprint density at radius 1 is 1.12 bits per heavy atom. The van der Waals surface area contributed by atoms with Gasteiger partial charge in [0, 0.05) is 56.1 Å². The van der Waals surface area contributed by atoms with Crippen molar-refractivity contribution in [1.82, 2.24) is 14.3 Å². The zero-order valence-electron chi connectivity index (χ0n) is 13.1. The number of fused-ring (bicyclic) bond motifs is 1. The van der Waals surface area contributed by atoms with Crippen LogP contribution in [0.1, 0.15) is 5.69 Å². The largest absolute Gasteiger partial charge is 0.508 e. The molecule has 124 valence electrons. The minimum absolute atomic E-state index is 0.0148. The van der Waals surface area contributed by atoms with Gasteiger partial charge in [-0.1, -0.05) is 0 Å². The molecule has 1 aliphatic heterocycles. The smallest absolute Gasteiger partial charge is 0.258 e. The maximum absolute atomic E-state index is 12.0. The van der Waals surface area contributed by atoms with Gasteiger partial charge in [-0.05, 0) is 24.3 Å². The average Bonchev–Trinajstić information content (AvgIpc) is 3.05. The molecular weight excluding hydrogens is 324 g/mol. The summed E-state index contributed by atoms with van der Waals surface area (Å²) in [5.41, 5.74) is 1.95. The van der Waals surface area contributed by atoms with E-state index in [1.807, 2.05) is 17.5 Å². The van der Waals surface area contributed by atoms with Crippen LogP contribution in [0, 0.1) is 0 Å². The average molecular weight is 342 g/mol. The lowest BCUT2D eigenvalue weighted by atomic mass is 10.2. The number of anilines is 1. The second kappa shape index (κ2) is 6.26. The molecule has 1 N–H and O–H groups in total. The number of thiazole rings is 1. The third-order valence-corrected chi connectivity index (χ3v) is 5.09. The molecule has 1 aliphatic rings. The van der Waals surface area contributed by atoms with E-state index in [0.717, 1.165) is 42.5 Å². The van der Waals surface area contributed by atoms with Crippen LogP contribution < -0.4 is 10.5 Å². The molecule has 6 nitrogen and oxygen atoms in total. The van der Waals surface area contributed by atoms with E-state index in [0.29, 0.717) is 12.3 Å². The van der Waals surface area contributed by atoms with Crippen molar-refractivity contribution < 1.29 is 5.11 Å². The standard InChI is InChI=1S/C17H18N4O2S/c22-15-3-1-14(2-4-15)20-7-5-19(6-8-20)12-13-11-16(23)21-9-10-24-17(21)18-13/h1-4,9-11,22H,5-8,12H2. The Bertz CT molecular complexity index is 895. The zero-order chi connectivity index (χ0) is 16.5. The number of hydrogen-bond donors (Lipinski definition) is 1. The monoisotopic (exact) mass is 342 g/mol. The van der Waals surface area contributed by atoms with Gasteiger partial charge in [0.05, 0.1) is 5.69 Å². The number of piperazine rings is 1. The molecule has 0 aliphatic carbocycles. The Kier molecular flexibility index (Phi) is 3.95. The number of phenolic OH excluding ortho intramolecular Hbond substituents is 1. The summed E-state index contributed by atoms with van der Waals surface area (Å²) < 4.78 is 1.58. The van der Waals surface area contributed by atoms with Gasteiger partial charge >= 0.3 is 0 Å². The molecule has 3 aromatic rings. The van der Waals surface area contributed by atoms with Gasteiger partial charge in [-0.3, -0.25) is 14.1 Å². The van der Waals surface area contributed by atoms with Crippen molar-refractivity contribution >= 4 is 22.0 Å². The van der Waals surface area contributed by atoms with Crippen LogP contribution >= 0.6 is 11.3 Å². The van der Waals surface area contributed by atoms with E-state index in [4.69, 9.17) is 0 Å². The van der Waals surface area contributed by atoms with Crippen LogP contribution in [0.15, 0.2) is 46.7 Å². The molecule has 4 rings (SSSR count). The summed E-state index contributed by atoms with van der Waals surface area (Å²) in [6.45, 7) is 4.39. The summed E-state index contributed by atoms with van der Waals surface area (Å²) in [7, 11) is 0. The SMILES string of the molecule is O=c1cc(CN2CCN(c3ccc(O)cc3)CC2)nc2sccn12. The zero-order valence-corrected chi connectivity index (χ0v) is 13.9. The first kappa shape index (κ1) is 15.2. The number of benzene rings is 1. The van der Waals surface area contributed by atoms with Crippen molar-refractivity contribution in [3.63, 3.8) is 0 Å². The van der Waals surface area contributed by atoms with Crippen LogP contribution in [0.2, 0.25) is 0 Å². The summed E-state index contributed by atoms with van der Waals surface area (Å²) in [6.07, 6.45) is 1.76. The second-order valence-electron chi connectivity index (χ2n) is 5.92. The van der Waals surface area contributed by atoms with Crippen LogP contribution in [-0.4, -0.2) is 45.6 Å². The lowest BCUT2D eigenvalue weighted by Crippen LogP contribution is -2.46. The van der Waals surface area contributed by atoms with Crippen LogP contribution in [0.25, 0.3) is 4.96 Å². The molecule has 1 saturated heterocycles. The summed E-state index contributed by atoms with van der Waals surface area (Å²) in [5.74, 6) is 0.290. The van der Waals surface area contributed by atoms with E-state index < -0.39 is 0 Å². The number of rotatable bonds is 3. The van der Waals surface area contributed by atoms with E-state index >= 15 is 0 Å². The van der Waals surface area contributed by atoms with Gasteiger partial charge in [0.15, 0.2) is 4.96 Å². The maximum atomic E-state index is 12.0. The Balaban J connectivity index is 1.42. The molecule has 0 bridgehead atoms. The highest BCUT2D eigenvalue weighted by Crippen LogP contribution is 2.20. The van der Waals surface area contributed by atoms with Crippen molar-refractivity contribution in [2.75, 3.05) is 31.1 Å². The van der Waals surface area contributed by atoms with E-state index in [1.165, 1.54) is 11.3 Å². The number of hydrogen-bond acceptors (Lipinski definition) is 6. The van der Waals surface area contributed by atoms with Gasteiger partial charge in [0.1, 0.15) is 5.75 Å². The van der Waals surface area contributed by atoms with E-state index in [-0.39, 0.29) is 5.56 Å². The Labute approximate surface area is 143 Å². The molecule has 1 aromatic carbocycles. The first-order valence-corrected chi connectivity index (χ1v) is 8.79. The Hall–Kier alpha value is -2.38. The molecule has 7 heteroatoms. The van der Waals surface area contributed by atoms with Gasteiger partial charge in [-0.2, -0.15) is 0 Å². The minimum atomic E-state index is -0.0148. The molecule has 1 fully saturated rings. The van der Waals surface area contributed by atoms with Crippen LogP contribution in [-0.2, 0) is 6.54 Å². The lowest BCUT2D eigenvalue weighted by Gasteiger charge is -2.35. The highest BCUT2D eigenvalue weighted by molar-refractivity contribution is 7.15. The van der Waals surface area contributed by atoms with E-state index in [1.54, 1.807) is 28.8 Å². The number of aromatic nitrogens is 2. The molecule has 24 heavy (non-hydrogen) atoms. The highest BCUT2D eigenvalue weighted by atomic mass is 32.1. The maximum Gasteiger partial charge on any atom is 0.258 e. The fourth-order valence-corrected chi connectivity index (χ4v) is 3.76. The van der Waals surface area contributed by atoms with Gasteiger partial charge in [-0.15, -0.1) is 11.3 Å². The molecule has 0 amide bonds. The third-order valence-electron chi connectivity index (χ3n) is 4.33. The Morgan fingerprint density at radius 2 is 1.88 bits per heavy atom. The molecule has 0 radical (unpaired) electrons. The minimum Gasteiger partial charge on any atom is -0.508 e. The first-order chi connectivity index (χ1) is 11.7. The van der Waals surface area contributed by atoms with Crippen molar-refractivity contribution in [1.29, 1.82) is 0 Å². The van der Waals surface area contributed by atoms with Crippen molar-refractivity contribution in [2.24, 2.45) is 0 Å². The second-order valence-corrected chi connectivity index (χ2v) is 6.79. The number of phenols is 1. The number of nitrogens with zero attached hydrogens (tertiary/aromatic N) is 4. The quantitative estimate of drug-likeness (QED) is 0.786. The van der Waals surface area contributed by atoms with E-state index in [9.17, 15) is 9.90 Å². The molecule has 3 heterocycles. The van der Waals surface area contributed by atoms with Crippen LogP contribution in [0.3, 0.4) is 0 Å². The van der Waals surface area contributed by atoms with Gasteiger partial charge in [-0.25, -0.2) is 4.98 Å². The van der Waals surface area contributed by atoms with Crippen LogP contribution in [0.5, 0.6) is 5.75 Å². The highest BCUT2D eigenvalue weighted by Gasteiger charge is 2.18. The van der Waals surface area contributed by atoms with Gasteiger partial charge < -0.3 is 10.0 Å². The summed E-state index contributed by atoms with van der Waals surface area (Å²) in [6, 6.07) is 8.95. The Morgan fingerprint density at radius 3 is 2.62 bits per heavy atom. The van der Waals surface area contributed by atoms with Gasteiger partial charge in [0.2, 0.25) is 0 Å². The number of aromatic hydroxyl groups is 1. The third kappa shape index (κ3) is 3.00. The molecule has 0 saturated carbocycles. The molecule has 2 aromatic heterocycles. The molecule has 0 atom stereocenters. The van der Waals surface area contributed by atoms with Crippen molar-refractivity contribution in [3.8, 4) is 5.75 Å². The van der Waals surface area contributed by atoms with Crippen molar-refractivity contribution in [3.05, 3.63) is 58.0 Å². The molecule has 0 spiro atoms. The molecule has 0 unspecified atom stereocenters. The van der Waals surface area contributed by atoms with Crippen LogP contribution in [0.4, 0.5) is 5.69 Å². The lowest BCUT2D eigenvalue weighted by molar-refractivity contribution is 0.247. The molecular formula is C17H18N4O2S. The van der Waals surface area contributed by atoms with E-state index in [2.05, 4.69) is 14.8 Å². The van der Waals surface area contributed by atoms with Gasteiger partial charge in [0.25, 0.3) is 5.56 Å². The summed E-state index contributed by atoms with van der Waals surface area (Å²) >= 11 is 1.48. The fourth-order valence-electron chi connectivity index (χ4n) is 3.03. The van der Waals surface area contributed by atoms with Crippen molar-refractivity contribution in [2.45, 2.75) is 6.54 Å². The first-order valence-electron chi connectivity index (χ1n) is 7.91. The predicted molar refractivity (Wildman–Crippen MR) is 94.9 cm³/mol. The topological polar surface area (TPSA) is 61.1 Å². The predicted octanol–water partition coefficient (Wildman–Crippen LogP) is 1.78.